The first kappa shape index (κ1) is 61.2. The summed E-state index contributed by atoms with van der Waals surface area (Å²) in [5, 5.41) is 26.9. The summed E-state index contributed by atoms with van der Waals surface area (Å²) in [5.74, 6) is 0. The average Bonchev–Trinajstić information content (AvgIpc) is 3.24. The van der Waals surface area contributed by atoms with Crippen molar-refractivity contribution in [2.75, 3.05) is 58.3 Å². The first-order chi connectivity index (χ1) is 28.3. The minimum Gasteiger partial charge on any atom is -0.405 e. The molecular weight excluding hydrogens is 760 g/mol. The number of amides is 2. The van der Waals surface area contributed by atoms with Gasteiger partial charge in [-0.3, -0.25) is 15.2 Å². The van der Waals surface area contributed by atoms with Crippen LogP contribution in [0.25, 0.3) is 5.57 Å². The van der Waals surface area contributed by atoms with E-state index < -0.39 is 6.23 Å². The molecule has 2 aromatic carbocycles. The van der Waals surface area contributed by atoms with Gasteiger partial charge in [0.1, 0.15) is 6.23 Å². The number of piperazine rings is 1. The van der Waals surface area contributed by atoms with Gasteiger partial charge in [0.2, 0.25) is 0 Å². The number of ether oxygens (including phenoxy) is 1. The van der Waals surface area contributed by atoms with Gasteiger partial charge in [0, 0.05) is 69.7 Å². The molecule has 1 fully saturated rings. The van der Waals surface area contributed by atoms with Crippen LogP contribution in [0.15, 0.2) is 91.2 Å². The van der Waals surface area contributed by atoms with Gasteiger partial charge in [-0.05, 0) is 100 Å². The van der Waals surface area contributed by atoms with E-state index in [1.54, 1.807) is 50.8 Å². The summed E-state index contributed by atoms with van der Waals surface area (Å²) in [4.78, 5) is 20.7. The Morgan fingerprint density at radius 1 is 1.03 bits per heavy atom. The molecule has 2 atom stereocenters. The number of benzene rings is 2. The second kappa shape index (κ2) is 43.1. The van der Waals surface area contributed by atoms with E-state index in [0.29, 0.717) is 35.9 Å². The quantitative estimate of drug-likeness (QED) is 0.0546. The summed E-state index contributed by atoms with van der Waals surface area (Å²) in [6.07, 6.45) is 9.02. The number of urea groups is 1. The smallest absolute Gasteiger partial charge is 0.321 e. The number of aliphatic hydroxyl groups excluding tert-OH is 1. The molecule has 0 bridgehead atoms. The van der Waals surface area contributed by atoms with Crippen LogP contribution in [0.2, 0.25) is 5.02 Å². The number of carbonyl (C=O) groups is 1. The number of nitrogens with one attached hydrogen (secondary N) is 3. The van der Waals surface area contributed by atoms with Crippen LogP contribution in [0.3, 0.4) is 0 Å². The summed E-state index contributed by atoms with van der Waals surface area (Å²) >= 11 is 6.28. The third-order valence-electron chi connectivity index (χ3n) is 7.48. The lowest BCUT2D eigenvalue weighted by Gasteiger charge is -2.40. The molecule has 2 amide bonds. The van der Waals surface area contributed by atoms with E-state index in [-0.39, 0.29) is 12.1 Å². The van der Waals surface area contributed by atoms with Crippen molar-refractivity contribution in [3.05, 3.63) is 108 Å². The van der Waals surface area contributed by atoms with Crippen molar-refractivity contribution >= 4 is 35.2 Å². The Morgan fingerprint density at radius 3 is 2.00 bits per heavy atom. The molecule has 1 aliphatic heterocycles. The largest absolute Gasteiger partial charge is 0.405 e. The number of rotatable bonds is 14. The van der Waals surface area contributed by atoms with Crippen LogP contribution in [0, 0.1) is 11.3 Å². The molecule has 12 heteroatoms. The maximum Gasteiger partial charge on any atom is 0.321 e. The van der Waals surface area contributed by atoms with Crippen LogP contribution in [0.4, 0.5) is 10.5 Å². The zero-order valence-corrected chi connectivity index (χ0v) is 39.5. The fourth-order valence-electron chi connectivity index (χ4n) is 4.80. The minimum atomic E-state index is -0.459. The van der Waals surface area contributed by atoms with Gasteiger partial charge in [-0.15, -0.1) is 0 Å². The zero-order chi connectivity index (χ0) is 46.0. The predicted octanol–water partition coefficient (Wildman–Crippen LogP) is 10.8. The zero-order valence-electron chi connectivity index (χ0n) is 38.7. The lowest BCUT2D eigenvalue weighted by atomic mass is 9.90. The minimum absolute atomic E-state index is 0.122. The molecule has 2 aromatic rings. The molecule has 0 saturated carbocycles. The Morgan fingerprint density at radius 2 is 1.58 bits per heavy atom. The van der Waals surface area contributed by atoms with E-state index >= 15 is 0 Å². The monoisotopic (exact) mass is 841 g/mol. The number of aliphatic imine (C=N–C) groups is 1. The van der Waals surface area contributed by atoms with Gasteiger partial charge in [-0.1, -0.05) is 110 Å². The van der Waals surface area contributed by atoms with E-state index in [1.165, 1.54) is 23.8 Å². The number of hydrogen-bond donors (Lipinski definition) is 5. The predicted molar refractivity (Wildman–Crippen MR) is 258 cm³/mol. The highest BCUT2D eigenvalue weighted by Gasteiger charge is 2.29. The maximum atomic E-state index is 12.8. The highest BCUT2D eigenvalue weighted by atomic mass is 35.5. The Hall–Kier alpha value is -4.44. The van der Waals surface area contributed by atoms with Crippen LogP contribution in [0.5, 0.6) is 0 Å². The molecule has 334 valence electrons. The summed E-state index contributed by atoms with van der Waals surface area (Å²) in [6, 6.07) is 15.0. The SMILES string of the molecule is C=C(CC)CC(c1ccc(Cl)cc1C(=C)C)N1CCN(C(=O)Nc2ccc(C#N)cc2)CC1.C=CN.CC.CC.CCC.CCOCC.CN=CN/C=C/CNC(C)O. The fourth-order valence-corrected chi connectivity index (χ4v) is 4.97. The number of halogens is 1. The van der Waals surface area contributed by atoms with Crippen molar-refractivity contribution in [3.8, 4) is 6.07 Å². The molecular formula is C47H81ClN8O3. The second-order valence-corrected chi connectivity index (χ2v) is 12.7. The Bertz CT molecular complexity index is 1450. The number of aliphatic hydroxyl groups is 1. The molecule has 1 heterocycles. The van der Waals surface area contributed by atoms with Gasteiger partial charge in [0.05, 0.1) is 18.0 Å². The third kappa shape index (κ3) is 32.1. The van der Waals surface area contributed by atoms with Crippen LogP contribution in [-0.4, -0.2) is 86.5 Å². The van der Waals surface area contributed by atoms with E-state index in [0.717, 1.165) is 50.3 Å². The summed E-state index contributed by atoms with van der Waals surface area (Å²) in [5.41, 5.74) is 10.3. The van der Waals surface area contributed by atoms with Gasteiger partial charge in [0.15, 0.2) is 0 Å². The lowest BCUT2D eigenvalue weighted by Crippen LogP contribution is -2.51. The summed E-state index contributed by atoms with van der Waals surface area (Å²) < 4.78 is 4.83. The highest BCUT2D eigenvalue weighted by Crippen LogP contribution is 2.35. The van der Waals surface area contributed by atoms with Crippen LogP contribution in [-0.2, 0) is 4.74 Å². The molecule has 59 heavy (non-hydrogen) atoms. The standard InChI is InChI=1S/C27H31ClN4O.C7H15N3O.C4H10O.C3H8.C2H5N.2C2H6/c1-5-20(4)16-26(24-11-8-22(28)17-25(24)19(2)3)31-12-14-32(15-13-31)27(33)30-23-9-6-21(18-29)7-10-23;1-7(11)10-5-3-4-9-6-8-2;1-3-5-4-2;1-3-2;1-2-3;2*1-2/h6-11,17,26H,2,4-5,12-16H2,1,3H3,(H,30,33);3-4,6-7,10-11H,5H2,1-2H3,(H,8,9);3-4H2,1-2H3;3H2,1-2H3;2H,1,3H2;2*1-2H3/b;4-3+;;;;;. The third-order valence-corrected chi connectivity index (χ3v) is 7.72. The van der Waals surface area contributed by atoms with E-state index in [1.807, 2.05) is 71.6 Å². The van der Waals surface area contributed by atoms with Crippen molar-refractivity contribution in [2.45, 2.75) is 108 Å². The molecule has 6 N–H and O–H groups in total. The lowest BCUT2D eigenvalue weighted by molar-refractivity contribution is 0.112. The Kier molecular flexibility index (Phi) is 44.8. The van der Waals surface area contributed by atoms with E-state index in [4.69, 9.17) is 26.7 Å². The topological polar surface area (TPSA) is 151 Å². The molecule has 0 aliphatic carbocycles. The molecule has 2 unspecified atom stereocenters. The van der Waals surface area contributed by atoms with Gasteiger partial charge in [-0.2, -0.15) is 5.26 Å². The Labute approximate surface area is 365 Å². The number of carbonyl (C=O) groups excluding carboxylic acids is 1. The normalized spacial score (nSPS) is 12.5. The number of hydrogen-bond acceptors (Lipinski definition) is 8. The van der Waals surface area contributed by atoms with E-state index in [2.05, 4.69) is 84.2 Å². The molecule has 1 saturated heterocycles. The number of anilines is 1. The van der Waals surface area contributed by atoms with Crippen molar-refractivity contribution in [2.24, 2.45) is 10.7 Å². The molecule has 0 spiro atoms. The first-order valence-corrected chi connectivity index (χ1v) is 21.3. The Balaban J connectivity index is -0.000000477. The van der Waals surface area contributed by atoms with Gasteiger partial charge in [-0.25, -0.2) is 4.79 Å². The van der Waals surface area contributed by atoms with Crippen LogP contribution < -0.4 is 21.7 Å². The number of nitrogens with zero attached hydrogens (tertiary/aromatic N) is 4. The number of nitriles is 1. The van der Waals surface area contributed by atoms with Crippen molar-refractivity contribution in [3.63, 3.8) is 0 Å². The number of nitrogens with two attached hydrogens (primary N) is 1. The van der Waals surface area contributed by atoms with Gasteiger partial charge >= 0.3 is 6.03 Å². The van der Waals surface area contributed by atoms with Crippen LogP contribution in [0.1, 0.15) is 118 Å². The summed E-state index contributed by atoms with van der Waals surface area (Å²) in [6.45, 7) is 38.7. The van der Waals surface area contributed by atoms with Crippen LogP contribution >= 0.6 is 11.6 Å². The van der Waals surface area contributed by atoms with Crippen molar-refractivity contribution in [1.29, 1.82) is 5.26 Å². The molecule has 1 aliphatic rings. The van der Waals surface area contributed by atoms with Gasteiger partial charge < -0.3 is 31.1 Å². The maximum absolute atomic E-state index is 12.8. The molecule has 0 aromatic heterocycles. The molecule has 0 radical (unpaired) electrons. The highest BCUT2D eigenvalue weighted by molar-refractivity contribution is 6.30. The number of allylic oxidation sites excluding steroid dienone is 1. The van der Waals surface area contributed by atoms with Gasteiger partial charge in [0.25, 0.3) is 0 Å². The molecule has 11 nitrogen and oxygen atoms in total. The second-order valence-electron chi connectivity index (χ2n) is 12.2. The first-order valence-electron chi connectivity index (χ1n) is 20.9. The van der Waals surface area contributed by atoms with Crippen molar-refractivity contribution in [1.82, 2.24) is 20.4 Å². The van der Waals surface area contributed by atoms with E-state index in [9.17, 15) is 4.79 Å². The summed E-state index contributed by atoms with van der Waals surface area (Å²) in [7, 11) is 1.69. The average molecular weight is 842 g/mol. The fraction of sp³-hybridized carbons (Fsp3) is 0.511. The molecule has 3 rings (SSSR count). The van der Waals surface area contributed by atoms with Crippen molar-refractivity contribution < 1.29 is 14.6 Å².